The molecule has 1 rings (SSSR count). The number of aromatic nitrogens is 2. The minimum absolute atomic E-state index is 0.185. The summed E-state index contributed by atoms with van der Waals surface area (Å²) >= 11 is 5.88. The molecule has 0 unspecified atom stereocenters. The van der Waals surface area contributed by atoms with Crippen LogP contribution in [0.4, 0.5) is 14.6 Å². The Labute approximate surface area is 103 Å². The first-order valence-electron chi connectivity index (χ1n) is 5.11. The SMILES string of the molecule is Cc1nc(Cl)c(C)c(NCCOCC(F)F)n1. The monoisotopic (exact) mass is 265 g/mol. The van der Waals surface area contributed by atoms with Crippen LogP contribution in [0.3, 0.4) is 0 Å². The highest BCUT2D eigenvalue weighted by Gasteiger charge is 2.07. The van der Waals surface area contributed by atoms with Gasteiger partial charge in [0.25, 0.3) is 6.43 Å². The normalized spacial score (nSPS) is 10.9. The Hall–Kier alpha value is -1.01. The third kappa shape index (κ3) is 4.79. The van der Waals surface area contributed by atoms with Crippen LogP contribution in [0.1, 0.15) is 11.4 Å². The Morgan fingerprint density at radius 3 is 2.71 bits per heavy atom. The van der Waals surface area contributed by atoms with E-state index in [-0.39, 0.29) is 6.61 Å². The summed E-state index contributed by atoms with van der Waals surface area (Å²) in [6, 6.07) is 0. The van der Waals surface area contributed by atoms with Crippen LogP contribution in [0.2, 0.25) is 5.15 Å². The summed E-state index contributed by atoms with van der Waals surface area (Å²) in [5, 5.41) is 3.35. The molecule has 0 fully saturated rings. The lowest BCUT2D eigenvalue weighted by Crippen LogP contribution is -2.15. The standard InChI is InChI=1S/C10H14ClF2N3O/c1-6-9(11)15-7(2)16-10(6)14-3-4-17-5-8(12)13/h8H,3-5H2,1-2H3,(H,14,15,16). The molecule has 0 aromatic carbocycles. The van der Waals surface area contributed by atoms with Gasteiger partial charge in [0.1, 0.15) is 23.4 Å². The van der Waals surface area contributed by atoms with Crippen molar-refractivity contribution in [3.8, 4) is 0 Å². The molecule has 0 saturated carbocycles. The van der Waals surface area contributed by atoms with Gasteiger partial charge in [-0.05, 0) is 13.8 Å². The van der Waals surface area contributed by atoms with Crippen molar-refractivity contribution in [2.75, 3.05) is 25.1 Å². The van der Waals surface area contributed by atoms with E-state index in [0.29, 0.717) is 23.3 Å². The van der Waals surface area contributed by atoms with Gasteiger partial charge in [0.15, 0.2) is 0 Å². The van der Waals surface area contributed by atoms with Crippen LogP contribution in [-0.4, -0.2) is 36.2 Å². The van der Waals surface area contributed by atoms with Gasteiger partial charge < -0.3 is 10.1 Å². The van der Waals surface area contributed by atoms with Gasteiger partial charge in [-0.15, -0.1) is 0 Å². The average Bonchev–Trinajstić information content (AvgIpc) is 2.23. The molecule has 96 valence electrons. The van der Waals surface area contributed by atoms with Gasteiger partial charge in [-0.1, -0.05) is 11.6 Å². The quantitative estimate of drug-likeness (QED) is 0.634. The minimum Gasteiger partial charge on any atom is -0.374 e. The summed E-state index contributed by atoms with van der Waals surface area (Å²) in [5.74, 6) is 1.15. The molecule has 0 spiro atoms. The van der Waals surface area contributed by atoms with E-state index in [1.165, 1.54) is 0 Å². The van der Waals surface area contributed by atoms with Crippen molar-refractivity contribution in [1.82, 2.24) is 9.97 Å². The molecule has 7 heteroatoms. The highest BCUT2D eigenvalue weighted by atomic mass is 35.5. The Morgan fingerprint density at radius 1 is 1.35 bits per heavy atom. The number of anilines is 1. The van der Waals surface area contributed by atoms with E-state index >= 15 is 0 Å². The van der Waals surface area contributed by atoms with Crippen LogP contribution in [-0.2, 0) is 4.74 Å². The van der Waals surface area contributed by atoms with Crippen LogP contribution in [0, 0.1) is 13.8 Å². The lowest BCUT2D eigenvalue weighted by atomic mass is 10.3. The smallest absolute Gasteiger partial charge is 0.261 e. The molecule has 1 N–H and O–H groups in total. The third-order valence-electron chi connectivity index (χ3n) is 1.98. The van der Waals surface area contributed by atoms with E-state index in [4.69, 9.17) is 16.3 Å². The van der Waals surface area contributed by atoms with E-state index < -0.39 is 13.0 Å². The second-order valence-corrected chi connectivity index (χ2v) is 3.79. The number of ether oxygens (including phenoxy) is 1. The Balaban J connectivity index is 2.41. The maximum Gasteiger partial charge on any atom is 0.261 e. The van der Waals surface area contributed by atoms with Gasteiger partial charge in [0.05, 0.1) is 6.61 Å². The van der Waals surface area contributed by atoms with Crippen molar-refractivity contribution in [3.05, 3.63) is 16.5 Å². The molecule has 0 amide bonds. The molecule has 0 aliphatic heterocycles. The number of aryl methyl sites for hydroxylation is 1. The largest absolute Gasteiger partial charge is 0.374 e. The van der Waals surface area contributed by atoms with Gasteiger partial charge in [-0.3, -0.25) is 0 Å². The molecule has 0 aliphatic carbocycles. The molecule has 0 bridgehead atoms. The van der Waals surface area contributed by atoms with E-state index in [2.05, 4.69) is 15.3 Å². The first-order valence-corrected chi connectivity index (χ1v) is 5.49. The number of alkyl halides is 2. The number of hydrogen-bond acceptors (Lipinski definition) is 4. The zero-order valence-corrected chi connectivity index (χ0v) is 10.4. The first kappa shape index (κ1) is 14.1. The van der Waals surface area contributed by atoms with E-state index in [1.54, 1.807) is 13.8 Å². The van der Waals surface area contributed by atoms with Gasteiger partial charge in [-0.2, -0.15) is 0 Å². The zero-order valence-electron chi connectivity index (χ0n) is 9.64. The molecule has 0 atom stereocenters. The molecule has 4 nitrogen and oxygen atoms in total. The minimum atomic E-state index is -2.44. The Kier molecular flexibility index (Phi) is 5.50. The number of nitrogens with zero attached hydrogens (tertiary/aromatic N) is 2. The second-order valence-electron chi connectivity index (χ2n) is 3.43. The molecule has 1 aromatic rings. The second kappa shape index (κ2) is 6.66. The topological polar surface area (TPSA) is 47.0 Å². The van der Waals surface area contributed by atoms with Crippen molar-refractivity contribution in [3.63, 3.8) is 0 Å². The summed E-state index contributed by atoms with van der Waals surface area (Å²) in [5.41, 5.74) is 0.728. The fourth-order valence-electron chi connectivity index (χ4n) is 1.18. The number of hydrogen-bond donors (Lipinski definition) is 1. The van der Waals surface area contributed by atoms with Gasteiger partial charge in [-0.25, -0.2) is 18.7 Å². The summed E-state index contributed by atoms with van der Waals surface area (Å²) < 4.78 is 28.3. The number of halogens is 3. The maximum absolute atomic E-state index is 11.8. The van der Waals surface area contributed by atoms with Crippen molar-refractivity contribution >= 4 is 17.4 Å². The fraction of sp³-hybridized carbons (Fsp3) is 0.600. The Bertz CT molecular complexity index is 377. The predicted molar refractivity (Wildman–Crippen MR) is 61.8 cm³/mol. The van der Waals surface area contributed by atoms with Gasteiger partial charge >= 0.3 is 0 Å². The number of nitrogens with one attached hydrogen (secondary N) is 1. The molecule has 0 saturated heterocycles. The summed E-state index contributed by atoms with van der Waals surface area (Å²) in [4.78, 5) is 8.14. The van der Waals surface area contributed by atoms with Gasteiger partial charge in [0.2, 0.25) is 0 Å². The highest BCUT2D eigenvalue weighted by Crippen LogP contribution is 2.19. The molecule has 0 radical (unpaired) electrons. The zero-order chi connectivity index (χ0) is 12.8. The van der Waals surface area contributed by atoms with Crippen LogP contribution in [0.25, 0.3) is 0 Å². The van der Waals surface area contributed by atoms with Crippen molar-refractivity contribution in [2.24, 2.45) is 0 Å². The van der Waals surface area contributed by atoms with Crippen LogP contribution >= 0.6 is 11.6 Å². The molecule has 1 heterocycles. The highest BCUT2D eigenvalue weighted by molar-refractivity contribution is 6.30. The Morgan fingerprint density at radius 2 is 2.06 bits per heavy atom. The van der Waals surface area contributed by atoms with Crippen molar-refractivity contribution in [2.45, 2.75) is 20.3 Å². The predicted octanol–water partition coefficient (Wildman–Crippen LogP) is 2.44. The van der Waals surface area contributed by atoms with Crippen LogP contribution in [0.5, 0.6) is 0 Å². The van der Waals surface area contributed by atoms with Crippen LogP contribution in [0.15, 0.2) is 0 Å². The third-order valence-corrected chi connectivity index (χ3v) is 2.35. The molecular formula is C10H14ClF2N3O. The molecule has 0 aliphatic rings. The summed E-state index contributed by atoms with van der Waals surface area (Å²) in [7, 11) is 0. The van der Waals surface area contributed by atoms with E-state index in [1.807, 2.05) is 0 Å². The summed E-state index contributed by atoms with van der Waals surface area (Å²) in [6.45, 7) is 3.53. The summed E-state index contributed by atoms with van der Waals surface area (Å²) in [6.07, 6.45) is -2.44. The van der Waals surface area contributed by atoms with E-state index in [9.17, 15) is 8.78 Å². The molecular weight excluding hydrogens is 252 g/mol. The molecule has 1 aromatic heterocycles. The van der Waals surface area contributed by atoms with Crippen LogP contribution < -0.4 is 5.32 Å². The average molecular weight is 266 g/mol. The fourth-order valence-corrected chi connectivity index (χ4v) is 1.39. The molecule has 17 heavy (non-hydrogen) atoms. The van der Waals surface area contributed by atoms with Crippen molar-refractivity contribution in [1.29, 1.82) is 0 Å². The first-order chi connectivity index (χ1) is 8.00. The maximum atomic E-state index is 11.8. The lowest BCUT2D eigenvalue weighted by molar-refractivity contribution is 0.0214. The number of rotatable bonds is 6. The van der Waals surface area contributed by atoms with Gasteiger partial charge in [0, 0.05) is 12.1 Å². The lowest BCUT2D eigenvalue weighted by Gasteiger charge is -2.10. The van der Waals surface area contributed by atoms with Crippen molar-refractivity contribution < 1.29 is 13.5 Å². The van der Waals surface area contributed by atoms with E-state index in [0.717, 1.165) is 5.56 Å².